The molecule has 2 saturated heterocycles. The first-order valence-corrected chi connectivity index (χ1v) is 11.0. The van der Waals surface area contributed by atoms with E-state index in [2.05, 4.69) is 43.0 Å². The highest BCUT2D eigenvalue weighted by Crippen LogP contribution is 2.36. The van der Waals surface area contributed by atoms with Gasteiger partial charge in [0.1, 0.15) is 0 Å². The molecule has 0 aromatic heterocycles. The Morgan fingerprint density at radius 1 is 1.14 bits per heavy atom. The number of rotatable bonds is 4. The normalized spacial score (nSPS) is 24.5. The zero-order chi connectivity index (χ0) is 20.4. The number of amides is 1. The Balaban J connectivity index is 1.46. The van der Waals surface area contributed by atoms with Crippen molar-refractivity contribution in [3.8, 4) is 0 Å². The summed E-state index contributed by atoms with van der Waals surface area (Å²) in [5, 5.41) is 0. The van der Waals surface area contributed by atoms with Crippen LogP contribution in [0.1, 0.15) is 56.1 Å². The number of morpholine rings is 1. The van der Waals surface area contributed by atoms with Crippen molar-refractivity contribution in [2.24, 2.45) is 5.92 Å². The van der Waals surface area contributed by atoms with Gasteiger partial charge < -0.3 is 14.5 Å². The van der Waals surface area contributed by atoms with Crippen LogP contribution < -0.4 is 4.90 Å². The number of anilines is 1. The molecule has 2 heterocycles. The quantitative estimate of drug-likeness (QED) is 0.777. The number of Topliss-reactive ketones (excluding diaryl/α,β-unsaturated/α-hetero) is 1. The van der Waals surface area contributed by atoms with Crippen LogP contribution in [0.25, 0.3) is 0 Å². The Labute approximate surface area is 173 Å². The summed E-state index contributed by atoms with van der Waals surface area (Å²) in [7, 11) is 0. The molecule has 3 aliphatic rings. The summed E-state index contributed by atoms with van der Waals surface area (Å²) in [4.78, 5) is 29.2. The van der Waals surface area contributed by atoms with Crippen molar-refractivity contribution in [2.75, 3.05) is 37.7 Å². The van der Waals surface area contributed by atoms with Crippen molar-refractivity contribution in [1.29, 1.82) is 0 Å². The van der Waals surface area contributed by atoms with Gasteiger partial charge in [0, 0.05) is 38.2 Å². The smallest absolute Gasteiger partial charge is 0.227 e. The predicted molar refractivity (Wildman–Crippen MR) is 114 cm³/mol. The van der Waals surface area contributed by atoms with Crippen LogP contribution >= 0.6 is 0 Å². The summed E-state index contributed by atoms with van der Waals surface area (Å²) in [5.41, 5.74) is 4.36. The van der Waals surface area contributed by atoms with E-state index in [-0.39, 0.29) is 11.7 Å². The first-order valence-electron chi connectivity index (χ1n) is 11.0. The van der Waals surface area contributed by atoms with Gasteiger partial charge in [-0.25, -0.2) is 0 Å². The lowest BCUT2D eigenvalue weighted by Crippen LogP contribution is -2.38. The molecule has 5 heteroatoms. The molecule has 0 bridgehead atoms. The molecule has 0 spiro atoms. The average molecular weight is 397 g/mol. The lowest BCUT2D eigenvalue weighted by atomic mass is 9.81. The fraction of sp³-hybridized carbons (Fsp3) is 0.583. The lowest BCUT2D eigenvalue weighted by Gasteiger charge is -2.30. The molecule has 0 saturated carbocycles. The van der Waals surface area contributed by atoms with Gasteiger partial charge in [-0.3, -0.25) is 9.59 Å². The number of benzene rings is 1. The fourth-order valence-electron chi connectivity index (χ4n) is 4.97. The third kappa shape index (κ3) is 4.25. The first kappa shape index (κ1) is 20.1. The van der Waals surface area contributed by atoms with Gasteiger partial charge in [0.2, 0.25) is 5.91 Å². The molecule has 2 fully saturated rings. The molecule has 0 radical (unpaired) electrons. The largest absolute Gasteiger partial charge is 0.378 e. The Morgan fingerprint density at radius 2 is 1.93 bits per heavy atom. The maximum Gasteiger partial charge on any atom is 0.227 e. The monoisotopic (exact) mass is 396 g/mol. The van der Waals surface area contributed by atoms with Crippen LogP contribution in [0.3, 0.4) is 0 Å². The molecular weight excluding hydrogens is 364 g/mol. The maximum absolute atomic E-state index is 13.0. The third-order valence-corrected chi connectivity index (χ3v) is 6.78. The van der Waals surface area contributed by atoms with Crippen molar-refractivity contribution in [2.45, 2.75) is 51.9 Å². The molecular formula is C24H32N2O3. The number of carbonyl (C=O) groups excluding carboxylic acids is 2. The van der Waals surface area contributed by atoms with Crippen molar-refractivity contribution < 1.29 is 14.3 Å². The molecule has 156 valence electrons. The number of hydrogen-bond acceptors (Lipinski definition) is 4. The van der Waals surface area contributed by atoms with Gasteiger partial charge in [0.15, 0.2) is 5.78 Å². The highest BCUT2D eigenvalue weighted by molar-refractivity contribution is 5.96. The van der Waals surface area contributed by atoms with E-state index in [9.17, 15) is 9.59 Å². The maximum atomic E-state index is 13.0. The molecule has 2 unspecified atom stereocenters. The highest BCUT2D eigenvalue weighted by atomic mass is 16.5. The Bertz CT molecular complexity index is 810. The van der Waals surface area contributed by atoms with Crippen LogP contribution in [-0.4, -0.2) is 49.4 Å². The summed E-state index contributed by atoms with van der Waals surface area (Å²) >= 11 is 0. The molecule has 5 nitrogen and oxygen atoms in total. The highest BCUT2D eigenvalue weighted by Gasteiger charge is 2.29. The van der Waals surface area contributed by atoms with Crippen LogP contribution in [-0.2, 0) is 14.3 Å². The van der Waals surface area contributed by atoms with E-state index in [4.69, 9.17) is 4.74 Å². The van der Waals surface area contributed by atoms with Crippen molar-refractivity contribution in [3.05, 3.63) is 41.1 Å². The molecule has 1 amide bonds. The van der Waals surface area contributed by atoms with E-state index in [1.54, 1.807) is 0 Å². The average Bonchev–Trinajstić information content (AvgIpc) is 3.05. The minimum atomic E-state index is 0.227. The van der Waals surface area contributed by atoms with Gasteiger partial charge in [-0.1, -0.05) is 25.1 Å². The van der Waals surface area contributed by atoms with Gasteiger partial charge in [-0.15, -0.1) is 0 Å². The van der Waals surface area contributed by atoms with Crippen molar-refractivity contribution in [3.63, 3.8) is 0 Å². The number of carbonyl (C=O) groups is 2. The molecule has 4 rings (SSSR count). The number of allylic oxidation sites excluding steroid dienone is 2. The number of hydrogen-bond donors (Lipinski definition) is 0. The topological polar surface area (TPSA) is 49.9 Å². The van der Waals surface area contributed by atoms with Crippen molar-refractivity contribution >= 4 is 17.4 Å². The fourth-order valence-corrected chi connectivity index (χ4v) is 4.97. The molecule has 1 aliphatic carbocycles. The van der Waals surface area contributed by atoms with Gasteiger partial charge >= 0.3 is 0 Å². The molecule has 2 aliphatic heterocycles. The van der Waals surface area contributed by atoms with Crippen LogP contribution in [0.4, 0.5) is 5.69 Å². The number of ether oxygens (including phenoxy) is 1. The predicted octanol–water partition coefficient (Wildman–Crippen LogP) is 3.81. The summed E-state index contributed by atoms with van der Waals surface area (Å²) in [5.74, 6) is 1.16. The zero-order valence-electron chi connectivity index (χ0n) is 17.7. The molecule has 1 aromatic carbocycles. The summed E-state index contributed by atoms with van der Waals surface area (Å²) in [6.07, 6.45) is 6.34. The van der Waals surface area contributed by atoms with Gasteiger partial charge in [0.25, 0.3) is 0 Å². The molecule has 1 aromatic rings. The second-order valence-corrected chi connectivity index (χ2v) is 8.64. The summed E-state index contributed by atoms with van der Waals surface area (Å²) < 4.78 is 5.43. The van der Waals surface area contributed by atoms with Crippen LogP contribution in [0, 0.1) is 12.8 Å². The first-order chi connectivity index (χ1) is 14.0. The van der Waals surface area contributed by atoms with Gasteiger partial charge in [0.05, 0.1) is 18.9 Å². The Morgan fingerprint density at radius 3 is 2.62 bits per heavy atom. The summed E-state index contributed by atoms with van der Waals surface area (Å²) in [6.45, 7) is 8.19. The van der Waals surface area contributed by atoms with E-state index in [1.165, 1.54) is 5.56 Å². The number of nitrogens with zero attached hydrogens (tertiary/aromatic N) is 2. The lowest BCUT2D eigenvalue weighted by molar-refractivity contribution is -0.118. The number of aryl methyl sites for hydroxylation is 1. The van der Waals surface area contributed by atoms with Crippen molar-refractivity contribution in [1.82, 2.24) is 4.90 Å². The van der Waals surface area contributed by atoms with E-state index in [0.29, 0.717) is 37.9 Å². The number of ketones is 1. The standard InChI is InChI=1S/C24H32N2O3/c1-17-15-20(8-9-21(17)26-10-4-7-24(26)28)18(2)19-5-3-6-22(23(27)16-19)25-11-13-29-14-12-25/h6,8-9,15,18-19H,3-5,7,10-14,16H2,1-2H3. The summed E-state index contributed by atoms with van der Waals surface area (Å²) in [6, 6.07) is 6.47. The third-order valence-electron chi connectivity index (χ3n) is 6.78. The van der Waals surface area contributed by atoms with E-state index < -0.39 is 0 Å². The molecule has 29 heavy (non-hydrogen) atoms. The van der Waals surface area contributed by atoms with E-state index in [1.807, 2.05) is 4.90 Å². The van der Waals surface area contributed by atoms with Gasteiger partial charge in [-0.2, -0.15) is 0 Å². The zero-order valence-corrected chi connectivity index (χ0v) is 17.7. The van der Waals surface area contributed by atoms with Crippen LogP contribution in [0.2, 0.25) is 0 Å². The van der Waals surface area contributed by atoms with E-state index >= 15 is 0 Å². The second kappa shape index (κ2) is 8.70. The Hall–Kier alpha value is -2.14. The van der Waals surface area contributed by atoms with E-state index in [0.717, 1.165) is 55.8 Å². The van der Waals surface area contributed by atoms with Crippen LogP contribution in [0.15, 0.2) is 30.0 Å². The van der Waals surface area contributed by atoms with Crippen LogP contribution in [0.5, 0.6) is 0 Å². The second-order valence-electron chi connectivity index (χ2n) is 8.64. The minimum Gasteiger partial charge on any atom is -0.378 e. The molecule has 2 atom stereocenters. The minimum absolute atomic E-state index is 0.227. The van der Waals surface area contributed by atoms with Gasteiger partial charge in [-0.05, 0) is 55.2 Å². The molecule has 0 N–H and O–H groups in total. The Kier molecular flexibility index (Phi) is 6.04. The SMILES string of the molecule is Cc1cc(C(C)C2CCC=C(N3CCOCC3)C(=O)C2)ccc1N1CCCC1=O.